The van der Waals surface area contributed by atoms with Crippen LogP contribution in [0, 0.1) is 12.8 Å². The first-order valence-electron chi connectivity index (χ1n) is 6.55. The number of hydrogen-bond donors (Lipinski definition) is 0. The van der Waals surface area contributed by atoms with Crippen molar-refractivity contribution < 1.29 is 17.9 Å². The van der Waals surface area contributed by atoms with Crippen LogP contribution >= 0.6 is 22.3 Å². The van der Waals surface area contributed by atoms with Crippen LogP contribution in [0.15, 0.2) is 17.0 Å². The van der Waals surface area contributed by atoms with Crippen LogP contribution in [0.3, 0.4) is 0 Å². The SMILES string of the molecule is Cc1c(Cl)cc(S(=O)(=O)Cl)cc1C(=O)OCCCC(C)C. The second-order valence-electron chi connectivity index (χ2n) is 5.19. The molecular weight excluding hydrogens is 335 g/mol. The van der Waals surface area contributed by atoms with Crippen molar-refractivity contribution in [3.63, 3.8) is 0 Å². The molecular formula is C14H18Cl2O4S. The van der Waals surface area contributed by atoms with Crippen LogP contribution in [0.5, 0.6) is 0 Å². The first-order chi connectivity index (χ1) is 9.62. The smallest absolute Gasteiger partial charge is 0.338 e. The molecule has 0 aliphatic carbocycles. The Labute approximate surface area is 134 Å². The van der Waals surface area contributed by atoms with E-state index < -0.39 is 15.0 Å². The van der Waals surface area contributed by atoms with E-state index in [1.165, 1.54) is 12.1 Å². The summed E-state index contributed by atoms with van der Waals surface area (Å²) in [6, 6.07) is 2.41. The Morgan fingerprint density at radius 2 is 1.95 bits per heavy atom. The van der Waals surface area contributed by atoms with Crippen LogP contribution < -0.4 is 0 Å². The highest BCUT2D eigenvalue weighted by molar-refractivity contribution is 8.13. The van der Waals surface area contributed by atoms with Crippen LogP contribution in [0.2, 0.25) is 5.02 Å². The highest BCUT2D eigenvalue weighted by Gasteiger charge is 2.19. The van der Waals surface area contributed by atoms with E-state index in [1.807, 2.05) is 0 Å². The Bertz CT molecular complexity index is 624. The lowest BCUT2D eigenvalue weighted by Crippen LogP contribution is -2.10. The number of hydrogen-bond acceptors (Lipinski definition) is 4. The fourth-order valence-electron chi connectivity index (χ4n) is 1.74. The lowest BCUT2D eigenvalue weighted by Gasteiger charge is -2.10. The van der Waals surface area contributed by atoms with Crippen molar-refractivity contribution >= 4 is 37.3 Å². The highest BCUT2D eigenvalue weighted by Crippen LogP contribution is 2.27. The average Bonchev–Trinajstić information content (AvgIpc) is 2.35. The van der Waals surface area contributed by atoms with Gasteiger partial charge < -0.3 is 4.74 Å². The molecule has 0 aromatic heterocycles. The first kappa shape index (κ1) is 18.3. The van der Waals surface area contributed by atoms with Gasteiger partial charge in [0.05, 0.1) is 17.1 Å². The predicted molar refractivity (Wildman–Crippen MR) is 83.6 cm³/mol. The molecule has 4 nitrogen and oxygen atoms in total. The van der Waals surface area contributed by atoms with E-state index >= 15 is 0 Å². The molecule has 1 aromatic carbocycles. The Hall–Kier alpha value is -0.780. The minimum atomic E-state index is -3.95. The Morgan fingerprint density at radius 3 is 2.48 bits per heavy atom. The summed E-state index contributed by atoms with van der Waals surface area (Å²) in [5.74, 6) is -0.0649. The number of rotatable bonds is 6. The molecule has 0 saturated heterocycles. The lowest BCUT2D eigenvalue weighted by molar-refractivity contribution is 0.0493. The summed E-state index contributed by atoms with van der Waals surface area (Å²) in [5.41, 5.74) is 0.584. The predicted octanol–water partition coefficient (Wildman–Crippen LogP) is 4.17. The van der Waals surface area contributed by atoms with E-state index in [9.17, 15) is 13.2 Å². The molecule has 1 aromatic rings. The normalized spacial score (nSPS) is 11.7. The van der Waals surface area contributed by atoms with E-state index in [1.54, 1.807) is 6.92 Å². The maximum Gasteiger partial charge on any atom is 0.338 e. The number of carbonyl (C=O) groups excluding carboxylic acids is 1. The number of esters is 1. The van der Waals surface area contributed by atoms with Crippen LogP contribution in [0.1, 0.15) is 42.6 Å². The topological polar surface area (TPSA) is 60.4 Å². The van der Waals surface area contributed by atoms with Gasteiger partial charge in [0, 0.05) is 15.7 Å². The average molecular weight is 353 g/mol. The van der Waals surface area contributed by atoms with E-state index in [0.29, 0.717) is 11.5 Å². The molecule has 0 radical (unpaired) electrons. The third-order valence-corrected chi connectivity index (χ3v) is 4.70. The molecule has 21 heavy (non-hydrogen) atoms. The number of carbonyl (C=O) groups is 1. The Kier molecular flexibility index (Phi) is 6.50. The molecule has 0 atom stereocenters. The highest BCUT2D eigenvalue weighted by atomic mass is 35.7. The minimum absolute atomic E-state index is 0.117. The molecule has 1 rings (SSSR count). The zero-order chi connectivity index (χ0) is 16.2. The zero-order valence-corrected chi connectivity index (χ0v) is 14.5. The van der Waals surface area contributed by atoms with Crippen molar-refractivity contribution in [2.75, 3.05) is 6.61 Å². The van der Waals surface area contributed by atoms with Gasteiger partial charge in [-0.15, -0.1) is 0 Å². The maximum atomic E-state index is 12.0. The summed E-state index contributed by atoms with van der Waals surface area (Å²) in [6.45, 7) is 6.07. The maximum absolute atomic E-state index is 12.0. The summed E-state index contributed by atoms with van der Waals surface area (Å²) < 4.78 is 27.9. The molecule has 0 aliphatic heterocycles. The first-order valence-corrected chi connectivity index (χ1v) is 9.23. The molecule has 0 unspecified atom stereocenters. The molecule has 0 amide bonds. The van der Waals surface area contributed by atoms with E-state index in [0.717, 1.165) is 12.8 Å². The summed E-state index contributed by atoms with van der Waals surface area (Å²) in [7, 11) is 1.33. The molecule has 0 spiro atoms. The van der Waals surface area contributed by atoms with Crippen LogP contribution in [0.25, 0.3) is 0 Å². The molecule has 0 fully saturated rings. The Balaban J connectivity index is 2.91. The van der Waals surface area contributed by atoms with Gasteiger partial charge in [0.15, 0.2) is 0 Å². The molecule has 0 N–H and O–H groups in total. The van der Waals surface area contributed by atoms with Gasteiger partial charge in [-0.25, -0.2) is 13.2 Å². The fourth-order valence-corrected chi connectivity index (χ4v) is 2.81. The zero-order valence-electron chi connectivity index (χ0n) is 12.2. The van der Waals surface area contributed by atoms with Gasteiger partial charge in [0.2, 0.25) is 0 Å². The molecule has 118 valence electrons. The van der Waals surface area contributed by atoms with Crippen molar-refractivity contribution in [1.29, 1.82) is 0 Å². The largest absolute Gasteiger partial charge is 0.462 e. The van der Waals surface area contributed by atoms with Crippen LogP contribution in [0.4, 0.5) is 0 Å². The third-order valence-electron chi connectivity index (χ3n) is 2.98. The van der Waals surface area contributed by atoms with E-state index in [-0.39, 0.29) is 22.1 Å². The van der Waals surface area contributed by atoms with E-state index in [4.69, 9.17) is 27.0 Å². The van der Waals surface area contributed by atoms with Gasteiger partial charge in [-0.3, -0.25) is 0 Å². The van der Waals surface area contributed by atoms with Crippen molar-refractivity contribution in [2.24, 2.45) is 5.92 Å². The number of benzene rings is 1. The fraction of sp³-hybridized carbons (Fsp3) is 0.500. The van der Waals surface area contributed by atoms with Crippen molar-refractivity contribution in [3.8, 4) is 0 Å². The summed E-state index contributed by atoms with van der Waals surface area (Å²) in [4.78, 5) is 11.8. The third kappa shape index (κ3) is 5.49. The second-order valence-corrected chi connectivity index (χ2v) is 8.16. The quantitative estimate of drug-likeness (QED) is 0.438. The van der Waals surface area contributed by atoms with Crippen molar-refractivity contribution in [2.45, 2.75) is 38.5 Å². The van der Waals surface area contributed by atoms with Crippen LogP contribution in [-0.2, 0) is 13.8 Å². The van der Waals surface area contributed by atoms with Gasteiger partial charge in [0.25, 0.3) is 9.05 Å². The molecule has 0 heterocycles. The van der Waals surface area contributed by atoms with Crippen molar-refractivity contribution in [1.82, 2.24) is 0 Å². The standard InChI is InChI=1S/C14H18Cl2O4S/c1-9(2)5-4-6-20-14(17)12-7-11(21(16,18)19)8-13(15)10(12)3/h7-9H,4-6H2,1-3H3. The summed E-state index contributed by atoms with van der Waals surface area (Å²) in [5, 5.41) is 0.158. The Morgan fingerprint density at radius 1 is 1.33 bits per heavy atom. The van der Waals surface area contributed by atoms with Gasteiger partial charge in [-0.05, 0) is 43.4 Å². The molecule has 7 heteroatoms. The number of ether oxygens (including phenoxy) is 1. The van der Waals surface area contributed by atoms with Gasteiger partial charge in [0.1, 0.15) is 0 Å². The summed E-state index contributed by atoms with van der Waals surface area (Å²) in [6.07, 6.45) is 1.70. The van der Waals surface area contributed by atoms with Gasteiger partial charge in [-0.2, -0.15) is 0 Å². The molecule has 0 aliphatic rings. The summed E-state index contributed by atoms with van der Waals surface area (Å²) >= 11 is 5.94. The monoisotopic (exact) mass is 352 g/mol. The van der Waals surface area contributed by atoms with Crippen LogP contribution in [-0.4, -0.2) is 21.0 Å². The minimum Gasteiger partial charge on any atom is -0.462 e. The number of halogens is 2. The molecule has 0 saturated carbocycles. The van der Waals surface area contributed by atoms with Crippen molar-refractivity contribution in [3.05, 3.63) is 28.3 Å². The van der Waals surface area contributed by atoms with Gasteiger partial charge >= 0.3 is 5.97 Å². The van der Waals surface area contributed by atoms with E-state index in [2.05, 4.69) is 13.8 Å². The molecule has 0 bridgehead atoms. The lowest BCUT2D eigenvalue weighted by atomic mass is 10.1. The van der Waals surface area contributed by atoms with Gasteiger partial charge in [-0.1, -0.05) is 25.4 Å². The second kappa shape index (κ2) is 7.47.